The summed E-state index contributed by atoms with van der Waals surface area (Å²) in [7, 11) is -2.03. The number of carbonyl (C=O) groups excluding carboxylic acids is 2. The molecule has 7 rings (SSSR count). The second-order valence-electron chi connectivity index (χ2n) is 13.5. The Morgan fingerprint density at radius 1 is 1.02 bits per heavy atom. The molecule has 0 radical (unpaired) electrons. The zero-order valence-corrected chi connectivity index (χ0v) is 30.2. The minimum absolute atomic E-state index is 0.0115. The molecule has 0 bridgehead atoms. The Labute approximate surface area is 305 Å². The third-order valence-electron chi connectivity index (χ3n) is 10.4. The molecule has 0 spiro atoms. The van der Waals surface area contributed by atoms with Crippen LogP contribution in [0.5, 0.6) is 17.4 Å². The van der Waals surface area contributed by atoms with Gasteiger partial charge < -0.3 is 24.4 Å². The van der Waals surface area contributed by atoms with Gasteiger partial charge in [0.15, 0.2) is 5.54 Å². The van der Waals surface area contributed by atoms with Crippen LogP contribution >= 0.6 is 0 Å². The standard InChI is InChI=1S/C36H39F2N7O7S/c1-4-52-32-27(6-5-13-40-32)36(41-34(47)43-19-25(20-43)42-14-11-24(12-15-42)44-21-35(37,38)22-44)28-16-23(18-39)7-9-29(28)45(33(36)46)53(48,49)31-10-8-26(50-2)17-30(31)51-3/h5-10,13,16-17,24-25H,4,11-12,14-15,19-22H2,1-3H3,(H,41,47). The molecular formula is C36H39F2N7O7S. The Balaban J connectivity index is 1.23. The molecule has 1 atom stereocenters. The van der Waals surface area contributed by atoms with Gasteiger partial charge >= 0.3 is 6.03 Å². The van der Waals surface area contributed by atoms with E-state index >= 15 is 4.79 Å². The van der Waals surface area contributed by atoms with Gasteiger partial charge in [0.05, 0.1) is 56.8 Å². The van der Waals surface area contributed by atoms with Crippen molar-refractivity contribution in [3.8, 4) is 23.4 Å². The molecule has 280 valence electrons. The molecule has 0 aliphatic carbocycles. The van der Waals surface area contributed by atoms with Gasteiger partial charge in [0.25, 0.3) is 21.9 Å². The number of piperidine rings is 1. The Morgan fingerprint density at radius 3 is 2.40 bits per heavy atom. The van der Waals surface area contributed by atoms with E-state index in [0.717, 1.165) is 12.8 Å². The molecular weight excluding hydrogens is 713 g/mol. The lowest BCUT2D eigenvalue weighted by Gasteiger charge is -2.51. The van der Waals surface area contributed by atoms with Crippen molar-refractivity contribution < 1.29 is 41.0 Å². The summed E-state index contributed by atoms with van der Waals surface area (Å²) in [6, 6.07) is 12.8. The summed E-state index contributed by atoms with van der Waals surface area (Å²) in [6.45, 7) is 3.50. The summed E-state index contributed by atoms with van der Waals surface area (Å²) >= 11 is 0. The van der Waals surface area contributed by atoms with Crippen LogP contribution in [0.4, 0.5) is 19.3 Å². The van der Waals surface area contributed by atoms with E-state index in [-0.39, 0.29) is 70.7 Å². The topological polar surface area (TPSA) is 158 Å². The summed E-state index contributed by atoms with van der Waals surface area (Å²) < 4.78 is 73.2. The highest BCUT2D eigenvalue weighted by Gasteiger charge is 2.60. The first-order valence-corrected chi connectivity index (χ1v) is 18.7. The normalized spacial score (nSPS) is 22.0. The number of benzene rings is 2. The Morgan fingerprint density at radius 2 is 1.75 bits per heavy atom. The number of likely N-dealkylation sites (tertiary alicyclic amines) is 3. The molecule has 3 fully saturated rings. The average molecular weight is 752 g/mol. The number of hydrogen-bond acceptors (Lipinski definition) is 11. The number of rotatable bonds is 10. The average Bonchev–Trinajstić information content (AvgIpc) is 3.37. The Bertz CT molecular complexity index is 2080. The van der Waals surface area contributed by atoms with E-state index in [1.165, 1.54) is 67.8 Å². The van der Waals surface area contributed by atoms with Crippen molar-refractivity contribution in [1.29, 1.82) is 5.26 Å². The molecule has 53 heavy (non-hydrogen) atoms. The zero-order valence-electron chi connectivity index (χ0n) is 29.4. The Kier molecular flexibility index (Phi) is 9.41. The number of hydrogen-bond donors (Lipinski definition) is 1. The van der Waals surface area contributed by atoms with E-state index < -0.39 is 33.4 Å². The molecule has 1 N–H and O–H groups in total. The van der Waals surface area contributed by atoms with E-state index in [2.05, 4.69) is 15.2 Å². The number of pyridine rings is 1. The molecule has 3 saturated heterocycles. The van der Waals surface area contributed by atoms with Gasteiger partial charge in [-0.3, -0.25) is 14.6 Å². The lowest BCUT2D eigenvalue weighted by atomic mass is 9.83. The predicted octanol–water partition coefficient (Wildman–Crippen LogP) is 3.16. The highest BCUT2D eigenvalue weighted by molar-refractivity contribution is 7.93. The third-order valence-corrected chi connectivity index (χ3v) is 12.2. The number of urea groups is 1. The molecule has 4 aliphatic rings. The first-order valence-electron chi connectivity index (χ1n) is 17.2. The highest BCUT2D eigenvalue weighted by atomic mass is 32.2. The second kappa shape index (κ2) is 13.7. The number of alkyl halides is 2. The van der Waals surface area contributed by atoms with E-state index in [0.29, 0.717) is 36.2 Å². The van der Waals surface area contributed by atoms with Crippen molar-refractivity contribution in [2.75, 3.05) is 64.4 Å². The van der Waals surface area contributed by atoms with Crippen LogP contribution in [-0.4, -0.2) is 118 Å². The lowest BCUT2D eigenvalue weighted by Crippen LogP contribution is -2.67. The van der Waals surface area contributed by atoms with Gasteiger partial charge in [0.2, 0.25) is 5.88 Å². The van der Waals surface area contributed by atoms with Crippen molar-refractivity contribution in [3.05, 3.63) is 71.4 Å². The van der Waals surface area contributed by atoms with Gasteiger partial charge in [-0.25, -0.2) is 27.0 Å². The maximum absolute atomic E-state index is 15.1. The number of carbonyl (C=O) groups is 2. The highest BCUT2D eigenvalue weighted by Crippen LogP contribution is 2.50. The molecule has 1 unspecified atom stereocenters. The van der Waals surface area contributed by atoms with Crippen LogP contribution in [0.15, 0.2) is 59.6 Å². The van der Waals surface area contributed by atoms with Crippen LogP contribution in [0.1, 0.15) is 36.5 Å². The minimum Gasteiger partial charge on any atom is -0.497 e. The number of methoxy groups -OCH3 is 2. The van der Waals surface area contributed by atoms with E-state index in [4.69, 9.17) is 14.2 Å². The number of nitriles is 1. The molecule has 17 heteroatoms. The van der Waals surface area contributed by atoms with Crippen molar-refractivity contribution in [2.24, 2.45) is 0 Å². The van der Waals surface area contributed by atoms with Crippen LogP contribution in [-0.2, 0) is 20.4 Å². The summed E-state index contributed by atoms with van der Waals surface area (Å²) in [5, 5.41) is 12.8. The number of fused-ring (bicyclic) bond motifs is 1. The molecule has 5 heterocycles. The Hall–Kier alpha value is -5.05. The fourth-order valence-corrected chi connectivity index (χ4v) is 9.28. The molecule has 4 aliphatic heterocycles. The monoisotopic (exact) mass is 751 g/mol. The summed E-state index contributed by atoms with van der Waals surface area (Å²) in [6.07, 6.45) is 2.95. The first-order chi connectivity index (χ1) is 25.4. The molecule has 1 aromatic heterocycles. The van der Waals surface area contributed by atoms with Crippen LogP contribution < -0.4 is 23.8 Å². The van der Waals surface area contributed by atoms with Crippen LogP contribution in [0, 0.1) is 11.3 Å². The maximum Gasteiger partial charge on any atom is 0.318 e. The van der Waals surface area contributed by atoms with E-state index in [9.17, 15) is 27.3 Å². The number of nitrogens with one attached hydrogen (secondary N) is 1. The van der Waals surface area contributed by atoms with Gasteiger partial charge in [-0.1, -0.05) is 0 Å². The number of amides is 3. The smallest absolute Gasteiger partial charge is 0.318 e. The SMILES string of the molecule is CCOc1ncccc1C1(NC(=O)N2CC(N3CCC(N4CC(F)(F)C4)CC3)C2)C(=O)N(S(=O)(=O)c2ccc(OC)cc2OC)c2ccc(C#N)cc21. The van der Waals surface area contributed by atoms with Gasteiger partial charge in [-0.15, -0.1) is 0 Å². The summed E-state index contributed by atoms with van der Waals surface area (Å²) in [4.78, 5) is 39.0. The summed E-state index contributed by atoms with van der Waals surface area (Å²) in [5.41, 5.74) is -2.05. The number of anilines is 1. The molecule has 2 aromatic carbocycles. The lowest BCUT2D eigenvalue weighted by molar-refractivity contribution is -0.153. The largest absolute Gasteiger partial charge is 0.497 e. The van der Waals surface area contributed by atoms with Crippen LogP contribution in [0.25, 0.3) is 0 Å². The zero-order chi connectivity index (χ0) is 37.7. The van der Waals surface area contributed by atoms with Gasteiger partial charge in [0, 0.05) is 56.1 Å². The van der Waals surface area contributed by atoms with Gasteiger partial charge in [0.1, 0.15) is 16.4 Å². The molecule has 0 saturated carbocycles. The van der Waals surface area contributed by atoms with Gasteiger partial charge in [-0.2, -0.15) is 9.57 Å². The predicted molar refractivity (Wildman–Crippen MR) is 187 cm³/mol. The first kappa shape index (κ1) is 36.3. The maximum atomic E-state index is 15.1. The number of nitrogens with zero attached hydrogens (tertiary/aromatic N) is 6. The van der Waals surface area contributed by atoms with E-state index in [1.54, 1.807) is 13.0 Å². The second-order valence-corrected chi connectivity index (χ2v) is 15.2. The van der Waals surface area contributed by atoms with E-state index in [1.807, 2.05) is 11.0 Å². The number of aromatic nitrogens is 1. The number of sulfonamides is 1. The van der Waals surface area contributed by atoms with Crippen LogP contribution in [0.3, 0.4) is 0 Å². The minimum atomic E-state index is -4.74. The molecule has 3 amide bonds. The van der Waals surface area contributed by atoms with Crippen molar-refractivity contribution >= 4 is 27.6 Å². The quantitative estimate of drug-likeness (QED) is 0.325. The number of ether oxygens (including phenoxy) is 3. The van der Waals surface area contributed by atoms with Gasteiger partial charge in [-0.05, 0) is 62.2 Å². The van der Waals surface area contributed by atoms with Crippen LogP contribution in [0.2, 0.25) is 0 Å². The fourth-order valence-electron chi connectivity index (χ4n) is 7.68. The molecule has 14 nitrogen and oxygen atoms in total. The molecule has 3 aromatic rings. The summed E-state index contributed by atoms with van der Waals surface area (Å²) in [5.74, 6) is -3.43. The van der Waals surface area contributed by atoms with Crippen molar-refractivity contribution in [2.45, 2.75) is 48.2 Å². The van der Waals surface area contributed by atoms with Crippen molar-refractivity contribution in [1.82, 2.24) is 25.0 Å². The third kappa shape index (κ3) is 6.17. The fraction of sp³-hybridized carbons (Fsp3) is 0.444. The number of halogens is 2. The van der Waals surface area contributed by atoms with Crippen molar-refractivity contribution in [3.63, 3.8) is 0 Å².